The number of rotatable bonds is 1. The predicted molar refractivity (Wildman–Crippen MR) is 70.8 cm³/mol. The Labute approximate surface area is 104 Å². The summed E-state index contributed by atoms with van der Waals surface area (Å²) < 4.78 is 1.88. The third kappa shape index (κ3) is 1.92. The average molecular weight is 243 g/mol. The van der Waals surface area contributed by atoms with Gasteiger partial charge in [-0.05, 0) is 37.3 Å². The van der Waals surface area contributed by atoms with Crippen LogP contribution in [0.3, 0.4) is 0 Å². The molecule has 0 aliphatic heterocycles. The van der Waals surface area contributed by atoms with E-state index in [0.717, 1.165) is 21.6 Å². The average Bonchev–Trinajstić information content (AvgIpc) is 2.72. The van der Waals surface area contributed by atoms with Crippen LogP contribution in [-0.2, 0) is 0 Å². The molecule has 0 atom stereocenters. The highest BCUT2D eigenvalue weighted by atomic mass is 35.5. The van der Waals surface area contributed by atoms with Gasteiger partial charge in [0.1, 0.15) is 0 Å². The summed E-state index contributed by atoms with van der Waals surface area (Å²) in [6.45, 7) is 2.07. The first-order valence-corrected chi connectivity index (χ1v) is 5.82. The molecule has 2 nitrogen and oxygen atoms in total. The molecule has 0 amide bonds. The van der Waals surface area contributed by atoms with Crippen LogP contribution >= 0.6 is 11.6 Å². The zero-order valence-corrected chi connectivity index (χ0v) is 10.1. The van der Waals surface area contributed by atoms with Crippen molar-refractivity contribution in [2.75, 3.05) is 0 Å². The number of fused-ring (bicyclic) bond motifs is 1. The highest BCUT2D eigenvalue weighted by molar-refractivity contribution is 6.31. The lowest BCUT2D eigenvalue weighted by Gasteiger charge is -2.00. The molecule has 1 aromatic heterocycles. The Morgan fingerprint density at radius 3 is 2.59 bits per heavy atom. The summed E-state index contributed by atoms with van der Waals surface area (Å²) in [4.78, 5) is 0. The molecular formula is C14H11ClN2. The highest BCUT2D eigenvalue weighted by Gasteiger charge is 2.02. The van der Waals surface area contributed by atoms with Crippen LogP contribution in [0.25, 0.3) is 16.6 Å². The highest BCUT2D eigenvalue weighted by Crippen LogP contribution is 2.20. The van der Waals surface area contributed by atoms with Gasteiger partial charge in [0.05, 0.1) is 11.2 Å². The monoisotopic (exact) mass is 242 g/mol. The number of halogens is 1. The number of hydrogen-bond donors (Lipinski definition) is 0. The van der Waals surface area contributed by atoms with Crippen molar-refractivity contribution >= 4 is 22.5 Å². The van der Waals surface area contributed by atoms with Gasteiger partial charge in [-0.15, -0.1) is 0 Å². The molecule has 84 valence electrons. The Balaban J connectivity index is 2.14. The standard InChI is InChI=1S/C14H11ClN2/c1-10-2-5-13(6-3-10)17-9-11-8-12(15)4-7-14(11)16-17/h2-9H,1H3. The largest absolute Gasteiger partial charge is 0.240 e. The molecule has 0 unspecified atom stereocenters. The first-order chi connectivity index (χ1) is 8.22. The van der Waals surface area contributed by atoms with E-state index in [1.165, 1.54) is 5.56 Å². The number of aryl methyl sites for hydroxylation is 1. The zero-order valence-electron chi connectivity index (χ0n) is 9.39. The maximum absolute atomic E-state index is 5.96. The minimum absolute atomic E-state index is 0.737. The third-order valence-electron chi connectivity index (χ3n) is 2.76. The molecule has 0 fully saturated rings. The Kier molecular flexibility index (Phi) is 2.37. The van der Waals surface area contributed by atoms with E-state index in [-0.39, 0.29) is 0 Å². The van der Waals surface area contributed by atoms with E-state index in [1.54, 1.807) is 0 Å². The van der Waals surface area contributed by atoms with Crippen molar-refractivity contribution in [1.29, 1.82) is 0 Å². The summed E-state index contributed by atoms with van der Waals surface area (Å²) in [5, 5.41) is 6.30. The fourth-order valence-electron chi connectivity index (χ4n) is 1.83. The second-order valence-corrected chi connectivity index (χ2v) is 4.55. The van der Waals surface area contributed by atoms with Gasteiger partial charge >= 0.3 is 0 Å². The molecule has 0 spiro atoms. The van der Waals surface area contributed by atoms with E-state index in [1.807, 2.05) is 29.1 Å². The summed E-state index contributed by atoms with van der Waals surface area (Å²) in [6, 6.07) is 14.0. The fraction of sp³-hybridized carbons (Fsp3) is 0.0714. The predicted octanol–water partition coefficient (Wildman–Crippen LogP) is 3.99. The normalized spacial score (nSPS) is 10.9. The number of benzene rings is 2. The first kappa shape index (κ1) is 10.4. The summed E-state index contributed by atoms with van der Waals surface area (Å²) in [5.74, 6) is 0. The first-order valence-electron chi connectivity index (χ1n) is 5.44. The summed E-state index contributed by atoms with van der Waals surface area (Å²) in [7, 11) is 0. The smallest absolute Gasteiger partial charge is 0.0928 e. The number of aromatic nitrogens is 2. The van der Waals surface area contributed by atoms with Crippen LogP contribution in [-0.4, -0.2) is 9.78 Å². The SMILES string of the molecule is Cc1ccc(-n2cc3cc(Cl)ccc3n2)cc1. The Morgan fingerprint density at radius 1 is 1.06 bits per heavy atom. The molecule has 3 rings (SSSR count). The van der Waals surface area contributed by atoms with Crippen molar-refractivity contribution in [3.63, 3.8) is 0 Å². The summed E-state index contributed by atoms with van der Waals surface area (Å²) >= 11 is 5.96. The summed E-state index contributed by atoms with van der Waals surface area (Å²) in [5.41, 5.74) is 3.26. The molecule has 2 aromatic carbocycles. The zero-order chi connectivity index (χ0) is 11.8. The lowest BCUT2D eigenvalue weighted by Crippen LogP contribution is -1.93. The fourth-order valence-corrected chi connectivity index (χ4v) is 2.01. The van der Waals surface area contributed by atoms with Crippen LogP contribution in [0.1, 0.15) is 5.56 Å². The van der Waals surface area contributed by atoms with Crippen molar-refractivity contribution in [2.45, 2.75) is 6.92 Å². The Hall–Kier alpha value is -1.80. The quantitative estimate of drug-likeness (QED) is 0.631. The van der Waals surface area contributed by atoms with Gasteiger partial charge in [-0.1, -0.05) is 29.3 Å². The molecule has 0 saturated heterocycles. The van der Waals surface area contributed by atoms with Gasteiger partial charge in [-0.2, -0.15) is 5.10 Å². The Bertz CT molecular complexity index is 668. The van der Waals surface area contributed by atoms with E-state index < -0.39 is 0 Å². The van der Waals surface area contributed by atoms with Crippen LogP contribution in [0.15, 0.2) is 48.7 Å². The van der Waals surface area contributed by atoms with Gasteiger partial charge in [0.15, 0.2) is 0 Å². The third-order valence-corrected chi connectivity index (χ3v) is 3.00. The molecule has 0 aliphatic carbocycles. The van der Waals surface area contributed by atoms with Crippen LogP contribution in [0, 0.1) is 6.92 Å². The molecule has 3 aromatic rings. The lowest BCUT2D eigenvalue weighted by molar-refractivity contribution is 0.896. The second kappa shape index (κ2) is 3.90. The van der Waals surface area contributed by atoms with Crippen LogP contribution in [0.5, 0.6) is 0 Å². The van der Waals surface area contributed by atoms with Gasteiger partial charge in [-0.25, -0.2) is 4.68 Å². The molecule has 1 heterocycles. The molecule has 0 N–H and O–H groups in total. The lowest BCUT2D eigenvalue weighted by atomic mass is 10.2. The molecule has 17 heavy (non-hydrogen) atoms. The van der Waals surface area contributed by atoms with Gasteiger partial charge in [0.2, 0.25) is 0 Å². The second-order valence-electron chi connectivity index (χ2n) is 4.11. The summed E-state index contributed by atoms with van der Waals surface area (Å²) in [6.07, 6.45) is 1.99. The maximum atomic E-state index is 5.96. The molecule has 0 saturated carbocycles. The van der Waals surface area contributed by atoms with Crippen LogP contribution in [0.4, 0.5) is 0 Å². The number of nitrogens with zero attached hydrogens (tertiary/aromatic N) is 2. The maximum Gasteiger partial charge on any atom is 0.0928 e. The van der Waals surface area contributed by atoms with Crippen molar-refractivity contribution in [3.8, 4) is 5.69 Å². The van der Waals surface area contributed by atoms with Crippen molar-refractivity contribution in [2.24, 2.45) is 0 Å². The van der Waals surface area contributed by atoms with Gasteiger partial charge in [-0.3, -0.25) is 0 Å². The van der Waals surface area contributed by atoms with Crippen LogP contribution in [0.2, 0.25) is 5.02 Å². The van der Waals surface area contributed by atoms with Crippen LogP contribution < -0.4 is 0 Å². The molecule has 0 bridgehead atoms. The van der Waals surface area contributed by atoms with Crippen molar-refractivity contribution in [3.05, 3.63) is 59.2 Å². The Morgan fingerprint density at radius 2 is 1.82 bits per heavy atom. The van der Waals surface area contributed by atoms with E-state index in [9.17, 15) is 0 Å². The van der Waals surface area contributed by atoms with Crippen molar-refractivity contribution in [1.82, 2.24) is 9.78 Å². The number of hydrogen-bond acceptors (Lipinski definition) is 1. The minimum Gasteiger partial charge on any atom is -0.240 e. The minimum atomic E-state index is 0.737. The van der Waals surface area contributed by atoms with E-state index >= 15 is 0 Å². The van der Waals surface area contributed by atoms with Gasteiger partial charge < -0.3 is 0 Å². The van der Waals surface area contributed by atoms with Crippen molar-refractivity contribution < 1.29 is 0 Å². The van der Waals surface area contributed by atoms with E-state index in [2.05, 4.69) is 36.3 Å². The molecule has 0 aliphatic rings. The molecule has 0 radical (unpaired) electrons. The molecular weight excluding hydrogens is 232 g/mol. The van der Waals surface area contributed by atoms with E-state index in [0.29, 0.717) is 0 Å². The van der Waals surface area contributed by atoms with Gasteiger partial charge in [0, 0.05) is 16.6 Å². The van der Waals surface area contributed by atoms with Gasteiger partial charge in [0.25, 0.3) is 0 Å². The van der Waals surface area contributed by atoms with E-state index in [4.69, 9.17) is 11.6 Å². The molecule has 3 heteroatoms. The topological polar surface area (TPSA) is 17.8 Å².